The molecule has 0 aromatic heterocycles. The van der Waals surface area contributed by atoms with E-state index in [1.54, 1.807) is 12.1 Å². The van der Waals surface area contributed by atoms with Gasteiger partial charge in [-0.05, 0) is 24.5 Å². The van der Waals surface area contributed by atoms with Gasteiger partial charge in [-0.3, -0.25) is 0 Å². The molecule has 0 radical (unpaired) electrons. The van der Waals surface area contributed by atoms with Crippen LogP contribution in [0.1, 0.15) is 31.4 Å². The van der Waals surface area contributed by atoms with Crippen LogP contribution in [-0.4, -0.2) is 6.61 Å². The van der Waals surface area contributed by atoms with E-state index in [-0.39, 0.29) is 12.4 Å². The average Bonchev–Trinajstić information content (AvgIpc) is 2.25. The highest BCUT2D eigenvalue weighted by Gasteiger charge is 2.03. The van der Waals surface area contributed by atoms with Gasteiger partial charge in [-0.1, -0.05) is 19.9 Å². The Labute approximate surface area is 95.7 Å². The van der Waals surface area contributed by atoms with Crippen LogP contribution in [0.25, 0.3) is 0 Å². The molecule has 0 unspecified atom stereocenters. The predicted molar refractivity (Wildman–Crippen MR) is 60.2 cm³/mol. The van der Waals surface area contributed by atoms with Crippen LogP contribution in [0, 0.1) is 23.1 Å². The number of nitrogens with zero attached hydrogens (tertiary/aromatic N) is 1. The zero-order chi connectivity index (χ0) is 12.0. The minimum Gasteiger partial charge on any atom is -0.377 e. The number of hydrogen-bond donors (Lipinski definition) is 0. The first-order valence-corrected chi connectivity index (χ1v) is 5.39. The van der Waals surface area contributed by atoms with Gasteiger partial charge in [0.25, 0.3) is 0 Å². The molecule has 0 saturated heterocycles. The van der Waals surface area contributed by atoms with Crippen molar-refractivity contribution in [3.8, 4) is 6.07 Å². The van der Waals surface area contributed by atoms with Crippen molar-refractivity contribution < 1.29 is 9.13 Å². The van der Waals surface area contributed by atoms with E-state index in [1.807, 2.05) is 6.07 Å². The quantitative estimate of drug-likeness (QED) is 0.715. The molecule has 0 aliphatic rings. The topological polar surface area (TPSA) is 33.0 Å². The minimum absolute atomic E-state index is 0.268. The third-order valence-electron chi connectivity index (χ3n) is 2.28. The smallest absolute Gasteiger partial charge is 0.130 e. The summed E-state index contributed by atoms with van der Waals surface area (Å²) in [4.78, 5) is 0. The fraction of sp³-hybridized carbons (Fsp3) is 0.462. The van der Waals surface area contributed by atoms with Gasteiger partial charge in [0.05, 0.1) is 18.2 Å². The van der Waals surface area contributed by atoms with Crippen molar-refractivity contribution >= 4 is 0 Å². The lowest BCUT2D eigenvalue weighted by Gasteiger charge is -2.07. The molecule has 1 aromatic rings. The lowest BCUT2D eigenvalue weighted by atomic mass is 10.1. The van der Waals surface area contributed by atoms with Crippen molar-refractivity contribution in [2.24, 2.45) is 5.92 Å². The SMILES string of the molecule is CC(C)CCOCc1ccc(C#N)cc1F. The molecule has 0 bridgehead atoms. The number of rotatable bonds is 5. The Balaban J connectivity index is 2.46. The van der Waals surface area contributed by atoms with Crippen LogP contribution in [0.3, 0.4) is 0 Å². The maximum Gasteiger partial charge on any atom is 0.130 e. The van der Waals surface area contributed by atoms with E-state index >= 15 is 0 Å². The summed E-state index contributed by atoms with van der Waals surface area (Å²) >= 11 is 0. The highest BCUT2D eigenvalue weighted by molar-refractivity contribution is 5.32. The van der Waals surface area contributed by atoms with Gasteiger partial charge in [0.2, 0.25) is 0 Å². The minimum atomic E-state index is -0.372. The highest BCUT2D eigenvalue weighted by Crippen LogP contribution is 2.11. The van der Waals surface area contributed by atoms with Crippen LogP contribution in [0.4, 0.5) is 4.39 Å². The molecule has 0 spiro atoms. The second kappa shape index (κ2) is 6.24. The Kier molecular flexibility index (Phi) is 4.94. The molecule has 0 aliphatic heterocycles. The first-order chi connectivity index (χ1) is 7.63. The van der Waals surface area contributed by atoms with Gasteiger partial charge in [0, 0.05) is 12.2 Å². The fourth-order valence-electron chi connectivity index (χ4n) is 1.24. The molecule has 0 heterocycles. The van der Waals surface area contributed by atoms with Gasteiger partial charge in [-0.25, -0.2) is 4.39 Å². The third-order valence-corrected chi connectivity index (χ3v) is 2.28. The predicted octanol–water partition coefficient (Wildman–Crippen LogP) is 3.26. The molecule has 86 valence electrons. The van der Waals surface area contributed by atoms with E-state index in [1.165, 1.54) is 6.07 Å². The van der Waals surface area contributed by atoms with Crippen molar-refractivity contribution in [2.45, 2.75) is 26.9 Å². The number of ether oxygens (including phenoxy) is 1. The van der Waals surface area contributed by atoms with Gasteiger partial charge in [-0.2, -0.15) is 5.26 Å². The standard InChI is InChI=1S/C13H16FNO/c1-10(2)5-6-16-9-12-4-3-11(8-15)7-13(12)14/h3-4,7,10H,5-6,9H2,1-2H3. The van der Waals surface area contributed by atoms with Crippen molar-refractivity contribution in [1.29, 1.82) is 5.26 Å². The molecule has 16 heavy (non-hydrogen) atoms. The lowest BCUT2D eigenvalue weighted by molar-refractivity contribution is 0.108. The summed E-state index contributed by atoms with van der Waals surface area (Å²) in [6.45, 7) is 5.14. The van der Waals surface area contributed by atoms with E-state index < -0.39 is 0 Å². The molecule has 0 fully saturated rings. The molecular weight excluding hydrogens is 205 g/mol. The Morgan fingerprint density at radius 3 is 2.75 bits per heavy atom. The Hall–Kier alpha value is -1.40. The molecule has 1 rings (SSSR count). The normalized spacial score (nSPS) is 10.4. The summed E-state index contributed by atoms with van der Waals surface area (Å²) in [5.41, 5.74) is 0.839. The Morgan fingerprint density at radius 2 is 2.19 bits per heavy atom. The highest BCUT2D eigenvalue weighted by atomic mass is 19.1. The summed E-state index contributed by atoms with van der Waals surface area (Å²) in [6, 6.07) is 6.34. The molecular formula is C13H16FNO. The second-order valence-electron chi connectivity index (χ2n) is 4.15. The average molecular weight is 221 g/mol. The van der Waals surface area contributed by atoms with E-state index in [0.717, 1.165) is 6.42 Å². The van der Waals surface area contributed by atoms with Crippen molar-refractivity contribution in [1.82, 2.24) is 0 Å². The van der Waals surface area contributed by atoms with Crippen LogP contribution in [0.2, 0.25) is 0 Å². The van der Waals surface area contributed by atoms with E-state index in [4.69, 9.17) is 10.00 Å². The van der Waals surface area contributed by atoms with Crippen molar-refractivity contribution in [3.05, 3.63) is 35.1 Å². The maximum atomic E-state index is 13.4. The summed E-state index contributed by atoms with van der Waals surface area (Å²) in [5, 5.41) is 8.58. The lowest BCUT2D eigenvalue weighted by Crippen LogP contribution is -2.01. The van der Waals surface area contributed by atoms with Crippen molar-refractivity contribution in [2.75, 3.05) is 6.61 Å². The van der Waals surface area contributed by atoms with Crippen LogP contribution >= 0.6 is 0 Å². The number of halogens is 1. The molecule has 2 nitrogen and oxygen atoms in total. The monoisotopic (exact) mass is 221 g/mol. The fourth-order valence-corrected chi connectivity index (χ4v) is 1.24. The maximum absolute atomic E-state index is 13.4. The number of nitriles is 1. The Morgan fingerprint density at radius 1 is 1.44 bits per heavy atom. The first-order valence-electron chi connectivity index (χ1n) is 5.39. The summed E-state index contributed by atoms with van der Waals surface area (Å²) < 4.78 is 18.8. The summed E-state index contributed by atoms with van der Waals surface area (Å²) in [7, 11) is 0. The van der Waals surface area contributed by atoms with Gasteiger partial charge in [0.15, 0.2) is 0 Å². The van der Waals surface area contributed by atoms with E-state index in [9.17, 15) is 4.39 Å². The number of hydrogen-bond acceptors (Lipinski definition) is 2. The molecule has 1 aromatic carbocycles. The molecule has 0 amide bonds. The summed E-state index contributed by atoms with van der Waals surface area (Å²) in [6.07, 6.45) is 0.970. The second-order valence-corrected chi connectivity index (χ2v) is 4.15. The van der Waals surface area contributed by atoms with Gasteiger partial charge in [-0.15, -0.1) is 0 Å². The number of benzene rings is 1. The van der Waals surface area contributed by atoms with Gasteiger partial charge < -0.3 is 4.74 Å². The molecule has 0 aliphatic carbocycles. The molecule has 3 heteroatoms. The third kappa shape index (κ3) is 4.00. The Bertz CT molecular complexity index is 382. The van der Waals surface area contributed by atoms with Crippen LogP contribution in [-0.2, 0) is 11.3 Å². The van der Waals surface area contributed by atoms with Crippen LogP contribution < -0.4 is 0 Å². The van der Waals surface area contributed by atoms with Crippen LogP contribution in [0.5, 0.6) is 0 Å². The van der Waals surface area contributed by atoms with Gasteiger partial charge >= 0.3 is 0 Å². The first kappa shape index (κ1) is 12.7. The molecule has 0 N–H and O–H groups in total. The summed E-state index contributed by atoms with van der Waals surface area (Å²) in [5.74, 6) is 0.217. The van der Waals surface area contributed by atoms with E-state index in [2.05, 4.69) is 13.8 Å². The zero-order valence-electron chi connectivity index (χ0n) is 9.66. The molecule has 0 atom stereocenters. The van der Waals surface area contributed by atoms with Crippen LogP contribution in [0.15, 0.2) is 18.2 Å². The largest absolute Gasteiger partial charge is 0.377 e. The molecule has 0 saturated carbocycles. The zero-order valence-corrected chi connectivity index (χ0v) is 9.66. The van der Waals surface area contributed by atoms with Gasteiger partial charge in [0.1, 0.15) is 5.82 Å². The van der Waals surface area contributed by atoms with Crippen molar-refractivity contribution in [3.63, 3.8) is 0 Å². The van der Waals surface area contributed by atoms with E-state index in [0.29, 0.717) is 23.7 Å².